The van der Waals surface area contributed by atoms with E-state index in [0.717, 1.165) is 6.07 Å². The second kappa shape index (κ2) is 8.53. The largest absolute Gasteiger partial charge is 0.508 e. The van der Waals surface area contributed by atoms with E-state index in [1.165, 1.54) is 49.6 Å². The van der Waals surface area contributed by atoms with Gasteiger partial charge in [-0.3, -0.25) is 9.59 Å². The molecule has 6 heteroatoms. The number of ketones is 2. The second-order valence-electron chi connectivity index (χ2n) is 5.45. The number of carbonyl (C=O) groups is 2. The van der Waals surface area contributed by atoms with E-state index in [9.17, 15) is 24.9 Å². The van der Waals surface area contributed by atoms with Gasteiger partial charge in [0.25, 0.3) is 0 Å². The van der Waals surface area contributed by atoms with Gasteiger partial charge in [-0.2, -0.15) is 0 Å². The summed E-state index contributed by atoms with van der Waals surface area (Å²) in [6.07, 6.45) is 5.05. The molecule has 0 unspecified atom stereocenters. The first-order chi connectivity index (χ1) is 12.4. The molecule has 0 saturated heterocycles. The fraction of sp³-hybridized carbons (Fsp3) is 0.100. The van der Waals surface area contributed by atoms with Crippen LogP contribution in [0, 0.1) is 0 Å². The van der Waals surface area contributed by atoms with Crippen LogP contribution in [-0.2, 0) is 9.59 Å². The lowest BCUT2D eigenvalue weighted by Crippen LogP contribution is -2.01. The number of phenols is 3. The molecule has 2 aromatic carbocycles. The molecule has 0 spiro atoms. The Labute approximate surface area is 150 Å². The number of benzene rings is 2. The molecular formula is C20H18O6. The number of aromatic hydroxyl groups is 3. The lowest BCUT2D eigenvalue weighted by atomic mass is 10.1. The van der Waals surface area contributed by atoms with Crippen LogP contribution in [0.3, 0.4) is 0 Å². The van der Waals surface area contributed by atoms with Gasteiger partial charge >= 0.3 is 0 Å². The molecule has 134 valence electrons. The van der Waals surface area contributed by atoms with Crippen LogP contribution in [0.1, 0.15) is 17.5 Å². The smallest absolute Gasteiger partial charge is 0.163 e. The molecule has 0 fully saturated rings. The Morgan fingerprint density at radius 2 is 1.62 bits per heavy atom. The zero-order valence-electron chi connectivity index (χ0n) is 14.0. The fourth-order valence-electron chi connectivity index (χ4n) is 2.13. The molecule has 0 amide bonds. The molecule has 0 radical (unpaired) electrons. The zero-order chi connectivity index (χ0) is 19.1. The lowest BCUT2D eigenvalue weighted by molar-refractivity contribution is -0.121. The Hall–Kier alpha value is -3.54. The summed E-state index contributed by atoms with van der Waals surface area (Å²) in [6, 6.07) is 8.61. The second-order valence-corrected chi connectivity index (χ2v) is 5.45. The van der Waals surface area contributed by atoms with Crippen molar-refractivity contribution in [3.63, 3.8) is 0 Å². The molecule has 0 aromatic heterocycles. The minimum Gasteiger partial charge on any atom is -0.508 e. The summed E-state index contributed by atoms with van der Waals surface area (Å²) in [6.45, 7) is 0. The van der Waals surface area contributed by atoms with Crippen LogP contribution in [0.4, 0.5) is 0 Å². The monoisotopic (exact) mass is 354 g/mol. The van der Waals surface area contributed by atoms with Gasteiger partial charge in [-0.05, 0) is 48.1 Å². The summed E-state index contributed by atoms with van der Waals surface area (Å²) >= 11 is 0. The lowest BCUT2D eigenvalue weighted by Gasteiger charge is -2.03. The average molecular weight is 354 g/mol. The Bertz CT molecular complexity index is 880. The first-order valence-corrected chi connectivity index (χ1v) is 7.70. The van der Waals surface area contributed by atoms with Gasteiger partial charge in [-0.25, -0.2) is 0 Å². The zero-order valence-corrected chi connectivity index (χ0v) is 14.0. The van der Waals surface area contributed by atoms with E-state index >= 15 is 0 Å². The molecule has 2 aromatic rings. The van der Waals surface area contributed by atoms with Crippen molar-refractivity contribution < 1.29 is 29.6 Å². The highest BCUT2D eigenvalue weighted by molar-refractivity contribution is 6.11. The number of ether oxygens (including phenoxy) is 1. The number of phenolic OH excluding ortho intramolecular Hbond substituents is 3. The maximum atomic E-state index is 11.9. The Kier molecular flexibility index (Phi) is 6.16. The molecule has 0 aliphatic carbocycles. The Morgan fingerprint density at radius 1 is 0.923 bits per heavy atom. The Morgan fingerprint density at radius 3 is 2.27 bits per heavy atom. The molecule has 0 bridgehead atoms. The van der Waals surface area contributed by atoms with Gasteiger partial charge in [0.15, 0.2) is 23.1 Å². The predicted molar refractivity (Wildman–Crippen MR) is 97.1 cm³/mol. The van der Waals surface area contributed by atoms with Crippen molar-refractivity contribution >= 4 is 23.7 Å². The summed E-state index contributed by atoms with van der Waals surface area (Å²) in [5, 5.41) is 28.4. The molecule has 0 atom stereocenters. The van der Waals surface area contributed by atoms with E-state index in [0.29, 0.717) is 11.1 Å². The molecule has 26 heavy (non-hydrogen) atoms. The summed E-state index contributed by atoms with van der Waals surface area (Å²) < 4.78 is 4.98. The molecule has 2 rings (SSSR count). The molecule has 0 heterocycles. The van der Waals surface area contributed by atoms with Crippen molar-refractivity contribution in [3.05, 3.63) is 59.7 Å². The first kappa shape index (κ1) is 18.8. The van der Waals surface area contributed by atoms with E-state index < -0.39 is 5.78 Å². The van der Waals surface area contributed by atoms with Crippen LogP contribution in [0.25, 0.3) is 12.2 Å². The van der Waals surface area contributed by atoms with E-state index in [2.05, 4.69) is 0 Å². The standard InChI is InChI=1S/C20H18O6/c1-26-20-10-13(3-9-18(20)24)2-6-15(21)11-16(22)7-4-14-5-8-17(23)12-19(14)25/h2-10,12,23-25H,11H2,1H3. The van der Waals surface area contributed by atoms with Gasteiger partial charge in [-0.15, -0.1) is 0 Å². The van der Waals surface area contributed by atoms with Gasteiger partial charge < -0.3 is 20.1 Å². The van der Waals surface area contributed by atoms with Gasteiger partial charge in [0.05, 0.1) is 13.5 Å². The van der Waals surface area contributed by atoms with Crippen LogP contribution in [0.5, 0.6) is 23.0 Å². The number of hydrogen-bond donors (Lipinski definition) is 3. The molecule has 0 saturated carbocycles. The third-order valence-corrected chi connectivity index (χ3v) is 3.48. The molecular weight excluding hydrogens is 336 g/mol. The first-order valence-electron chi connectivity index (χ1n) is 7.70. The average Bonchev–Trinajstić information content (AvgIpc) is 2.60. The van der Waals surface area contributed by atoms with E-state index in [4.69, 9.17) is 4.74 Å². The van der Waals surface area contributed by atoms with Crippen LogP contribution in [0.15, 0.2) is 48.6 Å². The molecule has 0 aliphatic rings. The third-order valence-electron chi connectivity index (χ3n) is 3.48. The maximum absolute atomic E-state index is 11.9. The topological polar surface area (TPSA) is 104 Å². The van der Waals surface area contributed by atoms with Crippen LogP contribution >= 0.6 is 0 Å². The summed E-state index contributed by atoms with van der Waals surface area (Å²) in [4.78, 5) is 23.7. The van der Waals surface area contributed by atoms with Gasteiger partial charge in [0.1, 0.15) is 11.5 Å². The summed E-state index contributed by atoms with van der Waals surface area (Å²) in [5.74, 6) is -0.781. The van der Waals surface area contributed by atoms with Crippen molar-refractivity contribution in [2.24, 2.45) is 0 Å². The Balaban J connectivity index is 1.96. The van der Waals surface area contributed by atoms with Crippen molar-refractivity contribution in [2.45, 2.75) is 6.42 Å². The van der Waals surface area contributed by atoms with E-state index in [-0.39, 0.29) is 35.2 Å². The van der Waals surface area contributed by atoms with Gasteiger partial charge in [0, 0.05) is 11.6 Å². The highest BCUT2D eigenvalue weighted by Crippen LogP contribution is 2.26. The number of carbonyl (C=O) groups excluding carboxylic acids is 2. The quantitative estimate of drug-likeness (QED) is 0.521. The van der Waals surface area contributed by atoms with Crippen molar-refractivity contribution in [2.75, 3.05) is 7.11 Å². The van der Waals surface area contributed by atoms with Crippen molar-refractivity contribution in [1.82, 2.24) is 0 Å². The number of hydrogen-bond acceptors (Lipinski definition) is 6. The number of allylic oxidation sites excluding steroid dienone is 2. The minimum atomic E-state index is -0.421. The van der Waals surface area contributed by atoms with Gasteiger partial charge in [-0.1, -0.05) is 12.1 Å². The van der Waals surface area contributed by atoms with Gasteiger partial charge in [0.2, 0.25) is 0 Å². The van der Waals surface area contributed by atoms with Crippen LogP contribution < -0.4 is 4.74 Å². The SMILES string of the molecule is COc1cc(C=CC(=O)CC(=O)C=Cc2ccc(O)cc2O)ccc1O. The maximum Gasteiger partial charge on any atom is 0.163 e. The normalized spacial score (nSPS) is 11.1. The highest BCUT2D eigenvalue weighted by Gasteiger charge is 2.06. The highest BCUT2D eigenvalue weighted by atomic mass is 16.5. The fourth-order valence-corrected chi connectivity index (χ4v) is 2.13. The van der Waals surface area contributed by atoms with Crippen molar-refractivity contribution in [1.29, 1.82) is 0 Å². The minimum absolute atomic E-state index is 0.00576. The number of methoxy groups -OCH3 is 1. The van der Waals surface area contributed by atoms with Crippen LogP contribution in [0.2, 0.25) is 0 Å². The summed E-state index contributed by atoms with van der Waals surface area (Å²) in [7, 11) is 1.42. The predicted octanol–water partition coefficient (Wildman–Crippen LogP) is 3.07. The van der Waals surface area contributed by atoms with E-state index in [1.807, 2.05) is 0 Å². The summed E-state index contributed by atoms with van der Waals surface area (Å²) in [5.41, 5.74) is 1.00. The third kappa shape index (κ3) is 5.24. The molecule has 3 N–H and O–H groups in total. The van der Waals surface area contributed by atoms with E-state index in [1.54, 1.807) is 12.1 Å². The number of rotatable bonds is 7. The molecule has 0 aliphatic heterocycles. The molecule has 6 nitrogen and oxygen atoms in total. The van der Waals surface area contributed by atoms with Crippen molar-refractivity contribution in [3.8, 4) is 23.0 Å². The van der Waals surface area contributed by atoms with Crippen LogP contribution in [-0.4, -0.2) is 34.0 Å².